The molecule has 2 N–H and O–H groups in total. The van der Waals surface area contributed by atoms with E-state index in [9.17, 15) is 0 Å². The van der Waals surface area contributed by atoms with Crippen molar-refractivity contribution in [3.63, 3.8) is 0 Å². The van der Waals surface area contributed by atoms with Gasteiger partial charge >= 0.3 is 0 Å². The van der Waals surface area contributed by atoms with Crippen LogP contribution in [-0.2, 0) is 17.8 Å². The number of ether oxygens (including phenoxy) is 1. The van der Waals surface area contributed by atoms with Crippen LogP contribution in [0.3, 0.4) is 0 Å². The zero-order valence-corrected chi connectivity index (χ0v) is 15.9. The van der Waals surface area contributed by atoms with E-state index < -0.39 is 0 Å². The van der Waals surface area contributed by atoms with Crippen LogP contribution < -0.4 is 10.6 Å². The smallest absolute Gasteiger partial charge is 0.128 e. The van der Waals surface area contributed by atoms with Gasteiger partial charge in [-0.1, -0.05) is 36.4 Å². The maximum absolute atomic E-state index is 5.77. The number of nitrogens with zero attached hydrogens (tertiary/aromatic N) is 3. The van der Waals surface area contributed by atoms with Crippen molar-refractivity contribution in [3.8, 4) is 0 Å². The van der Waals surface area contributed by atoms with Crippen LogP contribution in [0.25, 0.3) is 0 Å². The number of benzene rings is 1. The molecule has 0 aliphatic heterocycles. The number of rotatable bonds is 10. The van der Waals surface area contributed by atoms with Gasteiger partial charge in [-0.05, 0) is 17.2 Å². The second-order valence-corrected chi connectivity index (χ2v) is 5.92. The summed E-state index contributed by atoms with van der Waals surface area (Å²) in [6.07, 6.45) is 1.95. The molecule has 2 rings (SSSR count). The summed E-state index contributed by atoms with van der Waals surface area (Å²) in [4.78, 5) is 9.00. The number of nitrogens with two attached hydrogens (primary N) is 1. The van der Waals surface area contributed by atoms with Crippen molar-refractivity contribution in [2.45, 2.75) is 13.1 Å². The molecule has 0 fully saturated rings. The van der Waals surface area contributed by atoms with E-state index in [0.29, 0.717) is 13.2 Å². The summed E-state index contributed by atoms with van der Waals surface area (Å²) < 4.78 is 5.11. The van der Waals surface area contributed by atoms with E-state index in [-0.39, 0.29) is 12.4 Å². The highest BCUT2D eigenvalue weighted by molar-refractivity contribution is 5.85. The molecule has 0 saturated heterocycles. The molecule has 0 amide bonds. The summed E-state index contributed by atoms with van der Waals surface area (Å²) >= 11 is 0. The van der Waals surface area contributed by atoms with Crippen LogP contribution in [0.1, 0.15) is 11.1 Å². The van der Waals surface area contributed by atoms with Gasteiger partial charge in [0.1, 0.15) is 5.82 Å². The van der Waals surface area contributed by atoms with Crippen molar-refractivity contribution in [3.05, 3.63) is 59.8 Å². The number of hydrogen-bond acceptors (Lipinski definition) is 5. The largest absolute Gasteiger partial charge is 0.383 e. The third-order valence-corrected chi connectivity index (χ3v) is 3.93. The van der Waals surface area contributed by atoms with E-state index in [1.807, 2.05) is 19.3 Å². The summed E-state index contributed by atoms with van der Waals surface area (Å²) in [5.41, 5.74) is 8.27. The Morgan fingerprint density at radius 2 is 1.72 bits per heavy atom. The minimum Gasteiger partial charge on any atom is -0.383 e. The average Bonchev–Trinajstić information content (AvgIpc) is 2.61. The van der Waals surface area contributed by atoms with E-state index in [1.54, 1.807) is 7.11 Å². The van der Waals surface area contributed by atoms with Gasteiger partial charge in [0, 0.05) is 53.1 Å². The number of hydrogen-bond donors (Lipinski definition) is 1. The summed E-state index contributed by atoms with van der Waals surface area (Å²) in [6, 6.07) is 14.7. The molecule has 0 atom stereocenters. The van der Waals surface area contributed by atoms with Crippen LogP contribution in [0.4, 0.5) is 5.82 Å². The number of methoxy groups -OCH3 is 1. The monoisotopic (exact) mass is 364 g/mol. The SMILES string of the molecule is COCCN(C)c1ccc(CN(CCN)Cc2ccccc2)cn1.Cl. The molecule has 25 heavy (non-hydrogen) atoms. The van der Waals surface area contributed by atoms with E-state index in [1.165, 1.54) is 11.1 Å². The Balaban J connectivity index is 0.00000312. The Kier molecular flexibility index (Phi) is 10.1. The van der Waals surface area contributed by atoms with Gasteiger partial charge in [-0.15, -0.1) is 12.4 Å². The Hall–Kier alpha value is -1.66. The van der Waals surface area contributed by atoms with Crippen LogP contribution in [0.2, 0.25) is 0 Å². The van der Waals surface area contributed by atoms with Crippen LogP contribution in [0.15, 0.2) is 48.7 Å². The van der Waals surface area contributed by atoms with Gasteiger partial charge < -0.3 is 15.4 Å². The molecule has 0 unspecified atom stereocenters. The van der Waals surface area contributed by atoms with E-state index in [0.717, 1.165) is 32.0 Å². The minimum absolute atomic E-state index is 0. The predicted molar refractivity (Wildman–Crippen MR) is 106 cm³/mol. The lowest BCUT2D eigenvalue weighted by Crippen LogP contribution is -2.29. The van der Waals surface area contributed by atoms with Gasteiger partial charge in [0.05, 0.1) is 6.61 Å². The molecular formula is C19H29ClN4O. The van der Waals surface area contributed by atoms with Gasteiger partial charge in [-0.2, -0.15) is 0 Å². The van der Waals surface area contributed by atoms with Crippen LogP contribution in [0, 0.1) is 0 Å². The van der Waals surface area contributed by atoms with E-state index in [2.05, 4.69) is 51.2 Å². The normalized spacial score (nSPS) is 10.6. The first kappa shape index (κ1) is 21.4. The second kappa shape index (κ2) is 11.8. The molecule has 1 heterocycles. The average molecular weight is 365 g/mol. The standard InChI is InChI=1S/C19H28N4O.ClH/c1-22(12-13-24-2)19-9-8-18(14-21-19)16-23(11-10-20)15-17-6-4-3-5-7-17;/h3-9,14H,10-13,15-16,20H2,1-2H3;1H. The quantitative estimate of drug-likeness (QED) is 0.702. The number of likely N-dealkylation sites (N-methyl/N-ethyl adjacent to an activating group) is 1. The Morgan fingerprint density at radius 3 is 2.32 bits per heavy atom. The molecule has 0 radical (unpaired) electrons. The van der Waals surface area contributed by atoms with E-state index >= 15 is 0 Å². The summed E-state index contributed by atoms with van der Waals surface area (Å²) in [6.45, 7) is 4.79. The number of anilines is 1. The third-order valence-electron chi connectivity index (χ3n) is 3.93. The van der Waals surface area contributed by atoms with Crippen molar-refractivity contribution in [1.82, 2.24) is 9.88 Å². The summed E-state index contributed by atoms with van der Waals surface area (Å²) in [5, 5.41) is 0. The first-order chi connectivity index (χ1) is 11.7. The minimum atomic E-state index is 0. The topological polar surface area (TPSA) is 54.6 Å². The molecule has 0 bridgehead atoms. The maximum Gasteiger partial charge on any atom is 0.128 e. The summed E-state index contributed by atoms with van der Waals surface area (Å²) in [5.74, 6) is 0.962. The Labute approximate surface area is 157 Å². The van der Waals surface area contributed by atoms with Gasteiger partial charge in [0.2, 0.25) is 0 Å². The van der Waals surface area contributed by atoms with Crippen LogP contribution >= 0.6 is 12.4 Å². The van der Waals surface area contributed by atoms with Gasteiger partial charge in [-0.3, -0.25) is 4.90 Å². The van der Waals surface area contributed by atoms with Crippen LogP contribution in [0.5, 0.6) is 0 Å². The fraction of sp³-hybridized carbons (Fsp3) is 0.421. The molecule has 1 aromatic carbocycles. The lowest BCUT2D eigenvalue weighted by molar-refractivity contribution is 0.206. The zero-order valence-electron chi connectivity index (χ0n) is 15.1. The molecule has 0 aliphatic carbocycles. The third kappa shape index (κ3) is 7.40. The second-order valence-electron chi connectivity index (χ2n) is 5.92. The number of aromatic nitrogens is 1. The zero-order chi connectivity index (χ0) is 17.2. The molecule has 1 aromatic heterocycles. The molecule has 2 aromatic rings. The fourth-order valence-electron chi connectivity index (χ4n) is 2.58. The van der Waals surface area contributed by atoms with Gasteiger partial charge in [-0.25, -0.2) is 4.98 Å². The van der Waals surface area contributed by atoms with Crippen molar-refractivity contribution in [2.24, 2.45) is 5.73 Å². The lowest BCUT2D eigenvalue weighted by Gasteiger charge is -2.22. The van der Waals surface area contributed by atoms with Gasteiger partial charge in [0.15, 0.2) is 0 Å². The molecule has 5 nitrogen and oxygen atoms in total. The highest BCUT2D eigenvalue weighted by Crippen LogP contribution is 2.13. The maximum atomic E-state index is 5.77. The Morgan fingerprint density at radius 1 is 1.00 bits per heavy atom. The van der Waals surface area contributed by atoms with Crippen molar-refractivity contribution >= 4 is 18.2 Å². The molecule has 0 saturated carbocycles. The first-order valence-electron chi connectivity index (χ1n) is 8.34. The van der Waals surface area contributed by atoms with E-state index in [4.69, 9.17) is 10.5 Å². The highest BCUT2D eigenvalue weighted by atomic mass is 35.5. The van der Waals surface area contributed by atoms with Crippen molar-refractivity contribution < 1.29 is 4.74 Å². The number of pyridine rings is 1. The van der Waals surface area contributed by atoms with Crippen LogP contribution in [-0.4, -0.2) is 50.3 Å². The van der Waals surface area contributed by atoms with Gasteiger partial charge in [0.25, 0.3) is 0 Å². The molecule has 6 heteroatoms. The highest BCUT2D eigenvalue weighted by Gasteiger charge is 2.08. The summed E-state index contributed by atoms with van der Waals surface area (Å²) in [7, 11) is 3.74. The van der Waals surface area contributed by atoms with Crippen molar-refractivity contribution in [2.75, 3.05) is 45.3 Å². The molecule has 0 spiro atoms. The molecule has 138 valence electrons. The predicted octanol–water partition coefficient (Wildman–Crippen LogP) is 2.55. The van der Waals surface area contributed by atoms with Crippen molar-refractivity contribution in [1.29, 1.82) is 0 Å². The molecular weight excluding hydrogens is 336 g/mol. The Bertz CT molecular complexity index is 580. The lowest BCUT2D eigenvalue weighted by atomic mass is 10.2. The fourth-order valence-corrected chi connectivity index (χ4v) is 2.58. The molecule has 0 aliphatic rings. The number of halogens is 1. The first-order valence-corrected chi connectivity index (χ1v) is 8.34.